The van der Waals surface area contributed by atoms with Crippen LogP contribution >= 0.6 is 23.2 Å². The molecule has 0 aliphatic rings. The SMILES string of the molecule is Cc1cc(NS(=O)(=O)c2c(Cl)cccc2Cl)no1. The molecule has 0 bridgehead atoms. The van der Waals surface area contributed by atoms with Gasteiger partial charge in [0.15, 0.2) is 5.82 Å². The number of benzene rings is 1. The first-order valence-corrected chi connectivity index (χ1v) is 7.04. The first-order valence-electron chi connectivity index (χ1n) is 4.80. The van der Waals surface area contributed by atoms with Crippen LogP contribution in [0.25, 0.3) is 0 Å². The molecule has 18 heavy (non-hydrogen) atoms. The van der Waals surface area contributed by atoms with Crippen molar-refractivity contribution >= 4 is 39.0 Å². The van der Waals surface area contributed by atoms with E-state index in [1.54, 1.807) is 13.0 Å². The summed E-state index contributed by atoms with van der Waals surface area (Å²) in [6.07, 6.45) is 0. The number of aromatic nitrogens is 1. The number of nitrogens with zero attached hydrogens (tertiary/aromatic N) is 1. The topological polar surface area (TPSA) is 72.2 Å². The maximum Gasteiger partial charge on any atom is 0.266 e. The zero-order valence-electron chi connectivity index (χ0n) is 9.15. The van der Waals surface area contributed by atoms with Gasteiger partial charge in [0.2, 0.25) is 0 Å². The molecule has 0 aliphatic heterocycles. The largest absolute Gasteiger partial charge is 0.360 e. The molecule has 1 aromatic heterocycles. The molecule has 0 unspecified atom stereocenters. The van der Waals surface area contributed by atoms with Gasteiger partial charge in [0.25, 0.3) is 10.0 Å². The summed E-state index contributed by atoms with van der Waals surface area (Å²) in [6, 6.07) is 5.89. The Morgan fingerprint density at radius 2 is 1.89 bits per heavy atom. The summed E-state index contributed by atoms with van der Waals surface area (Å²) < 4.78 is 31.2. The van der Waals surface area contributed by atoms with Gasteiger partial charge in [0.05, 0.1) is 10.0 Å². The highest BCUT2D eigenvalue weighted by atomic mass is 35.5. The number of nitrogens with one attached hydrogen (secondary N) is 1. The van der Waals surface area contributed by atoms with Gasteiger partial charge < -0.3 is 4.52 Å². The molecule has 2 rings (SSSR count). The second-order valence-electron chi connectivity index (χ2n) is 3.48. The molecule has 0 aliphatic carbocycles. The maximum atomic E-state index is 12.1. The van der Waals surface area contributed by atoms with Crippen molar-refractivity contribution in [2.24, 2.45) is 0 Å². The molecule has 96 valence electrons. The summed E-state index contributed by atoms with van der Waals surface area (Å²) in [6.45, 7) is 1.65. The van der Waals surface area contributed by atoms with E-state index in [2.05, 4.69) is 9.88 Å². The molecular weight excluding hydrogens is 299 g/mol. The van der Waals surface area contributed by atoms with Gasteiger partial charge in [0.1, 0.15) is 10.7 Å². The number of sulfonamides is 1. The van der Waals surface area contributed by atoms with Crippen LogP contribution in [0.3, 0.4) is 0 Å². The third kappa shape index (κ3) is 2.60. The van der Waals surface area contributed by atoms with Crippen LogP contribution in [0.15, 0.2) is 33.7 Å². The first kappa shape index (κ1) is 13.2. The molecule has 1 heterocycles. The Hall–Kier alpha value is -1.24. The minimum atomic E-state index is -3.90. The molecule has 1 aromatic carbocycles. The van der Waals surface area contributed by atoms with Gasteiger partial charge in [-0.15, -0.1) is 0 Å². The van der Waals surface area contributed by atoms with Gasteiger partial charge in [-0.3, -0.25) is 4.72 Å². The molecule has 2 aromatic rings. The van der Waals surface area contributed by atoms with E-state index in [1.807, 2.05) is 0 Å². The van der Waals surface area contributed by atoms with Gasteiger partial charge in [-0.25, -0.2) is 8.42 Å². The Bertz CT molecular complexity index is 662. The summed E-state index contributed by atoms with van der Waals surface area (Å²) in [7, 11) is -3.90. The molecule has 0 spiro atoms. The lowest BCUT2D eigenvalue weighted by Gasteiger charge is -2.08. The van der Waals surface area contributed by atoms with E-state index in [9.17, 15) is 8.42 Å². The fourth-order valence-corrected chi connectivity index (χ4v) is 3.47. The quantitative estimate of drug-likeness (QED) is 0.945. The Morgan fingerprint density at radius 1 is 1.28 bits per heavy atom. The van der Waals surface area contributed by atoms with Crippen LogP contribution in [-0.4, -0.2) is 13.6 Å². The Balaban J connectivity index is 2.43. The molecule has 8 heteroatoms. The van der Waals surface area contributed by atoms with Crippen LogP contribution in [0.2, 0.25) is 10.0 Å². The summed E-state index contributed by atoms with van der Waals surface area (Å²) in [5, 5.41) is 3.61. The van der Waals surface area contributed by atoms with Crippen LogP contribution in [0.5, 0.6) is 0 Å². The Labute approximate surface area is 114 Å². The zero-order valence-corrected chi connectivity index (χ0v) is 11.5. The Kier molecular flexibility index (Phi) is 3.52. The van der Waals surface area contributed by atoms with Crippen molar-refractivity contribution in [3.05, 3.63) is 40.1 Å². The predicted molar refractivity (Wildman–Crippen MR) is 68.5 cm³/mol. The van der Waals surface area contributed by atoms with E-state index in [4.69, 9.17) is 27.7 Å². The standard InChI is InChI=1S/C10H8Cl2N2O3S/c1-6-5-9(13-17-6)14-18(15,16)10-7(11)3-2-4-8(10)12/h2-5H,1H3,(H,13,14). The number of hydrogen-bond donors (Lipinski definition) is 1. The summed E-state index contributed by atoms with van der Waals surface area (Å²) >= 11 is 11.7. The fourth-order valence-electron chi connectivity index (χ4n) is 1.34. The van der Waals surface area contributed by atoms with E-state index in [-0.39, 0.29) is 20.8 Å². The van der Waals surface area contributed by atoms with Crippen molar-refractivity contribution in [1.82, 2.24) is 5.16 Å². The van der Waals surface area contributed by atoms with Crippen molar-refractivity contribution in [3.63, 3.8) is 0 Å². The highest BCUT2D eigenvalue weighted by Crippen LogP contribution is 2.30. The summed E-state index contributed by atoms with van der Waals surface area (Å²) in [5.74, 6) is 0.557. The number of anilines is 1. The van der Waals surface area contributed by atoms with Gasteiger partial charge in [-0.05, 0) is 19.1 Å². The lowest BCUT2D eigenvalue weighted by atomic mass is 10.4. The fraction of sp³-hybridized carbons (Fsp3) is 0.100. The van der Waals surface area contributed by atoms with Gasteiger partial charge in [-0.1, -0.05) is 34.4 Å². The predicted octanol–water partition coefficient (Wildman–Crippen LogP) is 3.09. The summed E-state index contributed by atoms with van der Waals surface area (Å²) in [5.41, 5.74) is 0. The van der Waals surface area contributed by atoms with Crippen LogP contribution in [0.4, 0.5) is 5.82 Å². The van der Waals surface area contributed by atoms with Crippen LogP contribution in [0, 0.1) is 6.92 Å². The van der Waals surface area contributed by atoms with Crippen molar-refractivity contribution in [1.29, 1.82) is 0 Å². The third-order valence-electron chi connectivity index (χ3n) is 2.05. The molecular formula is C10H8Cl2N2O3S. The second-order valence-corrected chi connectivity index (χ2v) is 5.91. The highest BCUT2D eigenvalue weighted by molar-refractivity contribution is 7.93. The first-order chi connectivity index (χ1) is 8.40. The molecule has 0 atom stereocenters. The lowest BCUT2D eigenvalue weighted by Crippen LogP contribution is -2.14. The monoisotopic (exact) mass is 306 g/mol. The average molecular weight is 307 g/mol. The third-order valence-corrected chi connectivity index (χ3v) is 4.36. The number of aryl methyl sites for hydroxylation is 1. The van der Waals surface area contributed by atoms with Gasteiger partial charge >= 0.3 is 0 Å². The van der Waals surface area contributed by atoms with Crippen molar-refractivity contribution < 1.29 is 12.9 Å². The molecule has 0 saturated carbocycles. The molecule has 0 fully saturated rings. The number of rotatable bonds is 3. The minimum Gasteiger partial charge on any atom is -0.360 e. The number of halogens is 2. The van der Waals surface area contributed by atoms with E-state index < -0.39 is 10.0 Å². The smallest absolute Gasteiger partial charge is 0.266 e. The molecule has 0 saturated heterocycles. The number of hydrogen-bond acceptors (Lipinski definition) is 4. The van der Waals surface area contributed by atoms with Crippen molar-refractivity contribution in [2.45, 2.75) is 11.8 Å². The van der Waals surface area contributed by atoms with Gasteiger partial charge in [0, 0.05) is 6.07 Å². The molecule has 0 amide bonds. The average Bonchev–Trinajstić information content (AvgIpc) is 2.62. The lowest BCUT2D eigenvalue weighted by molar-refractivity contribution is 0.400. The second kappa shape index (κ2) is 4.79. The van der Waals surface area contributed by atoms with E-state index >= 15 is 0 Å². The van der Waals surface area contributed by atoms with Crippen molar-refractivity contribution in [3.8, 4) is 0 Å². The van der Waals surface area contributed by atoms with E-state index in [0.29, 0.717) is 5.76 Å². The Morgan fingerprint density at radius 3 is 2.39 bits per heavy atom. The highest BCUT2D eigenvalue weighted by Gasteiger charge is 2.22. The molecule has 1 N–H and O–H groups in total. The minimum absolute atomic E-state index is 0.0372. The maximum absolute atomic E-state index is 12.1. The van der Waals surface area contributed by atoms with Crippen LogP contribution < -0.4 is 4.72 Å². The van der Waals surface area contributed by atoms with E-state index in [1.165, 1.54) is 18.2 Å². The van der Waals surface area contributed by atoms with E-state index in [0.717, 1.165) is 0 Å². The molecule has 0 radical (unpaired) electrons. The van der Waals surface area contributed by atoms with Gasteiger partial charge in [-0.2, -0.15) is 0 Å². The molecule has 5 nitrogen and oxygen atoms in total. The summed E-state index contributed by atoms with van der Waals surface area (Å²) in [4.78, 5) is -0.186. The normalized spacial score (nSPS) is 11.5. The van der Waals surface area contributed by atoms with Crippen LogP contribution in [0.1, 0.15) is 5.76 Å². The zero-order chi connectivity index (χ0) is 13.3. The van der Waals surface area contributed by atoms with Crippen LogP contribution in [-0.2, 0) is 10.0 Å². The van der Waals surface area contributed by atoms with Crippen molar-refractivity contribution in [2.75, 3.05) is 4.72 Å².